The number of H-pyrrole nitrogens is 1. The molecule has 0 atom stereocenters. The summed E-state index contributed by atoms with van der Waals surface area (Å²) >= 11 is 0. The van der Waals surface area contributed by atoms with Crippen LogP contribution in [-0.2, 0) is 22.7 Å². The van der Waals surface area contributed by atoms with Crippen molar-refractivity contribution in [3.8, 4) is 22.6 Å². The highest BCUT2D eigenvalue weighted by molar-refractivity contribution is 7.88. The summed E-state index contributed by atoms with van der Waals surface area (Å²) in [7, 11) is -3.16. The minimum Gasteiger partial charge on any atom is -0.338 e. The molecule has 0 aliphatic carbocycles. The lowest BCUT2D eigenvalue weighted by atomic mass is 10.1. The molecule has 0 saturated carbocycles. The predicted molar refractivity (Wildman–Crippen MR) is 116 cm³/mol. The van der Waals surface area contributed by atoms with Gasteiger partial charge in [-0.25, -0.2) is 13.4 Å². The van der Waals surface area contributed by atoms with Crippen LogP contribution in [0.1, 0.15) is 11.1 Å². The third kappa shape index (κ3) is 5.20. The number of halogens is 3. The molecule has 0 bridgehead atoms. The standard InChI is InChI=1S/C22H23F3N4O2S/c1-32(30,31)29-10-8-28(9-11-29)15-16-4-2-6-18(12-16)21-26-14-20(27-21)17-5-3-7-19(13-17)22(23,24)25/h2-7,12-14H,8-11,15H2,1H3,(H,26,27). The molecule has 1 saturated heterocycles. The summed E-state index contributed by atoms with van der Waals surface area (Å²) in [6.45, 7) is 2.91. The van der Waals surface area contributed by atoms with E-state index in [9.17, 15) is 21.6 Å². The Kier molecular flexibility index (Phi) is 6.11. The average molecular weight is 465 g/mol. The van der Waals surface area contributed by atoms with Gasteiger partial charge in [0.05, 0.1) is 23.7 Å². The molecule has 1 fully saturated rings. The van der Waals surface area contributed by atoms with Crippen LogP contribution in [0.25, 0.3) is 22.6 Å². The maximum Gasteiger partial charge on any atom is 0.416 e. The molecule has 1 N–H and O–H groups in total. The number of imidazole rings is 1. The van der Waals surface area contributed by atoms with E-state index in [4.69, 9.17) is 0 Å². The third-order valence-electron chi connectivity index (χ3n) is 5.48. The van der Waals surface area contributed by atoms with E-state index < -0.39 is 21.8 Å². The summed E-state index contributed by atoms with van der Waals surface area (Å²) in [5.41, 5.74) is 2.10. The number of rotatable bonds is 5. The van der Waals surface area contributed by atoms with Crippen LogP contribution in [0, 0.1) is 0 Å². The van der Waals surface area contributed by atoms with Crippen LogP contribution in [0.5, 0.6) is 0 Å². The second-order valence-electron chi connectivity index (χ2n) is 7.86. The molecule has 6 nitrogen and oxygen atoms in total. The Morgan fingerprint density at radius 1 is 1.00 bits per heavy atom. The summed E-state index contributed by atoms with van der Waals surface area (Å²) < 4.78 is 63.8. The highest BCUT2D eigenvalue weighted by Crippen LogP contribution is 2.32. The van der Waals surface area contributed by atoms with E-state index in [-0.39, 0.29) is 0 Å². The minimum absolute atomic E-state index is 0.415. The van der Waals surface area contributed by atoms with E-state index in [1.54, 1.807) is 6.07 Å². The van der Waals surface area contributed by atoms with E-state index in [1.165, 1.54) is 22.8 Å². The number of sulfonamides is 1. The zero-order chi connectivity index (χ0) is 22.9. The van der Waals surface area contributed by atoms with Crippen LogP contribution in [0.4, 0.5) is 13.2 Å². The fourth-order valence-corrected chi connectivity index (χ4v) is 4.60. The van der Waals surface area contributed by atoms with Gasteiger partial charge in [0, 0.05) is 43.9 Å². The van der Waals surface area contributed by atoms with Gasteiger partial charge in [0.2, 0.25) is 10.0 Å². The lowest BCUT2D eigenvalue weighted by Crippen LogP contribution is -2.47. The molecular weight excluding hydrogens is 441 g/mol. The molecule has 1 aliphatic rings. The van der Waals surface area contributed by atoms with Gasteiger partial charge in [0.1, 0.15) is 5.82 Å². The fourth-order valence-electron chi connectivity index (χ4n) is 3.77. The molecule has 4 rings (SSSR count). The highest BCUT2D eigenvalue weighted by Gasteiger charge is 2.30. The van der Waals surface area contributed by atoms with Crippen molar-refractivity contribution in [1.29, 1.82) is 0 Å². The molecular formula is C22H23F3N4O2S. The van der Waals surface area contributed by atoms with Crippen molar-refractivity contribution in [1.82, 2.24) is 19.2 Å². The van der Waals surface area contributed by atoms with E-state index >= 15 is 0 Å². The molecule has 170 valence electrons. The van der Waals surface area contributed by atoms with E-state index in [0.29, 0.717) is 49.8 Å². The van der Waals surface area contributed by atoms with Crippen molar-refractivity contribution < 1.29 is 21.6 Å². The zero-order valence-corrected chi connectivity index (χ0v) is 18.2. The maximum atomic E-state index is 13.0. The Hall–Kier alpha value is -2.69. The smallest absolute Gasteiger partial charge is 0.338 e. The molecule has 0 unspecified atom stereocenters. The fraction of sp³-hybridized carbons (Fsp3) is 0.318. The Labute approximate surface area is 184 Å². The van der Waals surface area contributed by atoms with Crippen molar-refractivity contribution in [3.05, 3.63) is 65.9 Å². The van der Waals surface area contributed by atoms with E-state index in [2.05, 4.69) is 14.9 Å². The van der Waals surface area contributed by atoms with E-state index in [1.807, 2.05) is 24.3 Å². The zero-order valence-electron chi connectivity index (χ0n) is 17.4. The lowest BCUT2D eigenvalue weighted by molar-refractivity contribution is -0.137. The first-order valence-corrected chi connectivity index (χ1v) is 11.9. The first kappa shape index (κ1) is 22.5. The second-order valence-corrected chi connectivity index (χ2v) is 9.85. The average Bonchev–Trinajstić information content (AvgIpc) is 3.24. The van der Waals surface area contributed by atoms with Crippen molar-refractivity contribution in [2.24, 2.45) is 0 Å². The highest BCUT2D eigenvalue weighted by atomic mass is 32.2. The number of hydrogen-bond acceptors (Lipinski definition) is 4. The number of alkyl halides is 3. The molecule has 10 heteroatoms. The van der Waals surface area contributed by atoms with Gasteiger partial charge in [-0.05, 0) is 23.8 Å². The van der Waals surface area contributed by atoms with Gasteiger partial charge in [0.25, 0.3) is 0 Å². The molecule has 0 amide bonds. The van der Waals surface area contributed by atoms with Gasteiger partial charge in [-0.3, -0.25) is 4.90 Å². The molecule has 1 aliphatic heterocycles. The Bertz CT molecular complexity index is 1200. The van der Waals surface area contributed by atoms with Crippen molar-refractivity contribution in [3.63, 3.8) is 0 Å². The number of aromatic nitrogens is 2. The molecule has 32 heavy (non-hydrogen) atoms. The largest absolute Gasteiger partial charge is 0.416 e. The molecule has 2 heterocycles. The second kappa shape index (κ2) is 8.68. The van der Waals surface area contributed by atoms with Gasteiger partial charge < -0.3 is 4.98 Å². The summed E-state index contributed by atoms with van der Waals surface area (Å²) in [6.07, 6.45) is -1.65. The number of benzene rings is 2. The molecule has 3 aromatic rings. The van der Waals surface area contributed by atoms with Crippen molar-refractivity contribution in [2.45, 2.75) is 12.7 Å². The Morgan fingerprint density at radius 3 is 2.38 bits per heavy atom. The molecule has 0 spiro atoms. The van der Waals surface area contributed by atoms with E-state index in [0.717, 1.165) is 23.3 Å². The van der Waals surface area contributed by atoms with Crippen molar-refractivity contribution in [2.75, 3.05) is 32.4 Å². The van der Waals surface area contributed by atoms with Gasteiger partial charge in [-0.1, -0.05) is 30.3 Å². The predicted octanol–water partition coefficient (Wildman–Crippen LogP) is 3.84. The van der Waals surface area contributed by atoms with Gasteiger partial charge in [-0.2, -0.15) is 17.5 Å². The van der Waals surface area contributed by atoms with Crippen LogP contribution < -0.4 is 0 Å². The van der Waals surface area contributed by atoms with Gasteiger partial charge in [0.15, 0.2) is 0 Å². The normalized spacial score (nSPS) is 16.4. The van der Waals surface area contributed by atoms with Crippen LogP contribution in [0.15, 0.2) is 54.7 Å². The first-order chi connectivity index (χ1) is 15.1. The maximum absolute atomic E-state index is 13.0. The number of nitrogens with one attached hydrogen (secondary N) is 1. The SMILES string of the molecule is CS(=O)(=O)N1CCN(Cc2cccc(-c3ncc(-c4cccc(C(F)(F)F)c4)[nH]3)c2)CC1. The monoisotopic (exact) mass is 464 g/mol. The molecule has 0 radical (unpaired) electrons. The minimum atomic E-state index is -4.40. The quantitative estimate of drug-likeness (QED) is 0.623. The van der Waals surface area contributed by atoms with Crippen LogP contribution in [0.3, 0.4) is 0 Å². The van der Waals surface area contributed by atoms with Crippen molar-refractivity contribution >= 4 is 10.0 Å². The first-order valence-electron chi connectivity index (χ1n) is 10.1. The lowest BCUT2D eigenvalue weighted by Gasteiger charge is -2.33. The molecule has 2 aromatic carbocycles. The van der Waals surface area contributed by atoms with Gasteiger partial charge in [-0.15, -0.1) is 0 Å². The Morgan fingerprint density at radius 2 is 1.69 bits per heavy atom. The third-order valence-corrected chi connectivity index (χ3v) is 6.79. The summed E-state index contributed by atoms with van der Waals surface area (Å²) in [5.74, 6) is 0.571. The Balaban J connectivity index is 1.47. The summed E-state index contributed by atoms with van der Waals surface area (Å²) in [6, 6.07) is 12.9. The topological polar surface area (TPSA) is 69.3 Å². The summed E-state index contributed by atoms with van der Waals surface area (Å²) in [5, 5.41) is 0. The van der Waals surface area contributed by atoms with Crippen LogP contribution in [-0.4, -0.2) is 60.0 Å². The number of nitrogens with zero attached hydrogens (tertiary/aromatic N) is 3. The van der Waals surface area contributed by atoms with Gasteiger partial charge >= 0.3 is 6.18 Å². The molecule has 1 aromatic heterocycles. The summed E-state index contributed by atoms with van der Waals surface area (Å²) in [4.78, 5) is 9.66. The number of aromatic amines is 1. The van der Waals surface area contributed by atoms with Crippen LogP contribution in [0.2, 0.25) is 0 Å². The number of hydrogen-bond donors (Lipinski definition) is 1. The number of piperazine rings is 1. The van der Waals surface area contributed by atoms with Crippen LogP contribution >= 0.6 is 0 Å².